The summed E-state index contributed by atoms with van der Waals surface area (Å²) in [6.07, 6.45) is 3.94. The van der Waals surface area contributed by atoms with Crippen molar-refractivity contribution in [2.45, 2.75) is 13.0 Å². The number of aromatic amines is 1. The largest absolute Gasteiger partial charge is 0.326 e. The molecule has 2 heterocycles. The summed E-state index contributed by atoms with van der Waals surface area (Å²) in [5, 5.41) is 11.0. The number of aromatic nitrogens is 5. The minimum atomic E-state index is 0.0727. The molecular weight excluding hydrogens is 274 g/mol. The summed E-state index contributed by atoms with van der Waals surface area (Å²) >= 11 is 0. The van der Waals surface area contributed by atoms with E-state index in [2.05, 4.69) is 67.6 Å². The lowest BCUT2D eigenvalue weighted by Crippen LogP contribution is -2.10. The molecule has 4 rings (SSSR count). The van der Waals surface area contributed by atoms with Crippen molar-refractivity contribution in [2.24, 2.45) is 0 Å². The van der Waals surface area contributed by atoms with Crippen LogP contribution < -0.4 is 0 Å². The molecule has 0 saturated heterocycles. The predicted molar refractivity (Wildman–Crippen MR) is 84.5 cm³/mol. The summed E-state index contributed by atoms with van der Waals surface area (Å²) in [4.78, 5) is 4.37. The van der Waals surface area contributed by atoms with Crippen LogP contribution in [0.5, 0.6) is 0 Å². The molecule has 0 aliphatic rings. The highest BCUT2D eigenvalue weighted by Crippen LogP contribution is 2.28. The third-order valence-corrected chi connectivity index (χ3v) is 3.80. The second-order valence-electron chi connectivity index (χ2n) is 5.35. The van der Waals surface area contributed by atoms with Crippen LogP contribution in [-0.4, -0.2) is 25.0 Å². The lowest BCUT2D eigenvalue weighted by atomic mass is 9.98. The van der Waals surface area contributed by atoms with E-state index in [0.29, 0.717) is 0 Å². The van der Waals surface area contributed by atoms with Crippen LogP contribution in [0.4, 0.5) is 0 Å². The van der Waals surface area contributed by atoms with E-state index in [-0.39, 0.29) is 6.04 Å². The van der Waals surface area contributed by atoms with Gasteiger partial charge in [0.15, 0.2) is 0 Å². The number of nitrogens with zero attached hydrogens (tertiary/aromatic N) is 4. The molecule has 108 valence electrons. The van der Waals surface area contributed by atoms with Crippen molar-refractivity contribution in [3.63, 3.8) is 0 Å². The van der Waals surface area contributed by atoms with Crippen LogP contribution in [0.2, 0.25) is 0 Å². The van der Waals surface area contributed by atoms with Gasteiger partial charge in [0.2, 0.25) is 0 Å². The molecule has 0 aliphatic carbocycles. The number of aryl methyl sites for hydroxylation is 1. The standard InChI is InChI=1S/C17H15N5/c1-12-10-22(11-18-12)17(13-5-3-2-4-6-13)14-7-8-15-16(9-14)20-21-19-15/h2-11,17H,1H3,(H,19,20,21). The second-order valence-corrected chi connectivity index (χ2v) is 5.35. The van der Waals surface area contributed by atoms with E-state index >= 15 is 0 Å². The third kappa shape index (κ3) is 2.16. The van der Waals surface area contributed by atoms with Gasteiger partial charge in [0, 0.05) is 6.20 Å². The van der Waals surface area contributed by atoms with E-state index in [0.717, 1.165) is 22.3 Å². The zero-order valence-corrected chi connectivity index (χ0v) is 12.1. The van der Waals surface area contributed by atoms with E-state index < -0.39 is 0 Å². The Kier molecular flexibility index (Phi) is 2.96. The van der Waals surface area contributed by atoms with E-state index in [9.17, 15) is 0 Å². The molecule has 1 N–H and O–H groups in total. The van der Waals surface area contributed by atoms with Gasteiger partial charge < -0.3 is 4.57 Å². The Morgan fingerprint density at radius 3 is 2.55 bits per heavy atom. The van der Waals surface area contributed by atoms with Gasteiger partial charge in [-0.2, -0.15) is 15.4 Å². The fraction of sp³-hybridized carbons (Fsp3) is 0.118. The maximum Gasteiger partial charge on any atom is 0.113 e. The Morgan fingerprint density at radius 1 is 0.955 bits per heavy atom. The van der Waals surface area contributed by atoms with Gasteiger partial charge in [-0.3, -0.25) is 0 Å². The van der Waals surface area contributed by atoms with Gasteiger partial charge in [0.25, 0.3) is 0 Å². The third-order valence-electron chi connectivity index (χ3n) is 3.80. The molecule has 0 aliphatic heterocycles. The molecular formula is C17H15N5. The average Bonchev–Trinajstić information content (AvgIpc) is 3.17. The minimum absolute atomic E-state index is 0.0727. The molecule has 22 heavy (non-hydrogen) atoms. The number of rotatable bonds is 3. The number of H-pyrrole nitrogens is 1. The van der Waals surface area contributed by atoms with Crippen molar-refractivity contribution in [3.8, 4) is 0 Å². The summed E-state index contributed by atoms with van der Waals surface area (Å²) in [6, 6.07) is 16.6. The second kappa shape index (κ2) is 5.11. The summed E-state index contributed by atoms with van der Waals surface area (Å²) in [7, 11) is 0. The van der Waals surface area contributed by atoms with E-state index in [4.69, 9.17) is 0 Å². The van der Waals surface area contributed by atoms with E-state index in [1.54, 1.807) is 0 Å². The van der Waals surface area contributed by atoms with Gasteiger partial charge in [0.05, 0.1) is 18.1 Å². The molecule has 2 aromatic heterocycles. The number of hydrogen-bond acceptors (Lipinski definition) is 3. The summed E-state index contributed by atoms with van der Waals surface area (Å²) in [6.45, 7) is 2.00. The zero-order chi connectivity index (χ0) is 14.9. The molecule has 0 radical (unpaired) electrons. The van der Waals surface area contributed by atoms with Crippen LogP contribution in [0.1, 0.15) is 22.9 Å². The first-order valence-corrected chi connectivity index (χ1v) is 7.17. The highest BCUT2D eigenvalue weighted by atomic mass is 15.3. The van der Waals surface area contributed by atoms with Crippen LogP contribution in [0, 0.1) is 6.92 Å². The van der Waals surface area contributed by atoms with Gasteiger partial charge >= 0.3 is 0 Å². The maximum atomic E-state index is 4.37. The van der Waals surface area contributed by atoms with Crippen LogP contribution in [0.25, 0.3) is 11.0 Å². The molecule has 0 bridgehead atoms. The molecule has 4 aromatic rings. The fourth-order valence-electron chi connectivity index (χ4n) is 2.78. The molecule has 5 nitrogen and oxygen atoms in total. The molecule has 2 aromatic carbocycles. The maximum absolute atomic E-state index is 4.37. The smallest absolute Gasteiger partial charge is 0.113 e. The van der Waals surface area contributed by atoms with Crippen LogP contribution in [-0.2, 0) is 0 Å². The quantitative estimate of drug-likeness (QED) is 0.630. The molecule has 0 fully saturated rings. The lowest BCUT2D eigenvalue weighted by Gasteiger charge is -2.19. The van der Waals surface area contributed by atoms with Crippen LogP contribution >= 0.6 is 0 Å². The molecule has 0 spiro atoms. The number of imidazole rings is 1. The first-order chi connectivity index (χ1) is 10.8. The van der Waals surface area contributed by atoms with E-state index in [1.807, 2.05) is 25.4 Å². The fourth-order valence-corrected chi connectivity index (χ4v) is 2.78. The van der Waals surface area contributed by atoms with Gasteiger partial charge in [-0.05, 0) is 30.2 Å². The lowest BCUT2D eigenvalue weighted by molar-refractivity contribution is 0.677. The number of benzene rings is 2. The molecule has 1 unspecified atom stereocenters. The van der Waals surface area contributed by atoms with Gasteiger partial charge in [-0.15, -0.1) is 0 Å². The predicted octanol–water partition coefficient (Wildman–Crippen LogP) is 3.10. The molecule has 5 heteroatoms. The number of fused-ring (bicyclic) bond motifs is 1. The highest BCUT2D eigenvalue weighted by molar-refractivity contribution is 5.74. The van der Waals surface area contributed by atoms with Crippen LogP contribution in [0.15, 0.2) is 61.1 Å². The van der Waals surface area contributed by atoms with Gasteiger partial charge in [-0.25, -0.2) is 4.98 Å². The SMILES string of the molecule is Cc1cn(C(c2ccccc2)c2ccc3n[nH]nc3c2)cn1. The zero-order valence-electron chi connectivity index (χ0n) is 12.1. The first-order valence-electron chi connectivity index (χ1n) is 7.17. The first kappa shape index (κ1) is 12.8. The molecule has 1 atom stereocenters. The summed E-state index contributed by atoms with van der Waals surface area (Å²) in [5.74, 6) is 0. The topological polar surface area (TPSA) is 59.4 Å². The Hall–Kier alpha value is -2.95. The van der Waals surface area contributed by atoms with Crippen molar-refractivity contribution in [1.82, 2.24) is 25.0 Å². The van der Waals surface area contributed by atoms with Crippen molar-refractivity contribution in [2.75, 3.05) is 0 Å². The Bertz CT molecular complexity index is 907. The van der Waals surface area contributed by atoms with Crippen molar-refractivity contribution in [1.29, 1.82) is 0 Å². The van der Waals surface area contributed by atoms with Crippen molar-refractivity contribution in [3.05, 3.63) is 77.9 Å². The highest BCUT2D eigenvalue weighted by Gasteiger charge is 2.17. The normalized spacial score (nSPS) is 12.6. The number of nitrogens with one attached hydrogen (secondary N) is 1. The van der Waals surface area contributed by atoms with Crippen LogP contribution in [0.3, 0.4) is 0 Å². The average molecular weight is 289 g/mol. The van der Waals surface area contributed by atoms with E-state index in [1.165, 1.54) is 5.56 Å². The van der Waals surface area contributed by atoms with Crippen molar-refractivity contribution < 1.29 is 0 Å². The summed E-state index contributed by atoms with van der Waals surface area (Å²) in [5.41, 5.74) is 5.11. The minimum Gasteiger partial charge on any atom is -0.326 e. The summed E-state index contributed by atoms with van der Waals surface area (Å²) < 4.78 is 2.13. The monoisotopic (exact) mass is 289 g/mol. The van der Waals surface area contributed by atoms with Crippen molar-refractivity contribution >= 4 is 11.0 Å². The Labute approximate surface area is 127 Å². The number of hydrogen-bond donors (Lipinski definition) is 1. The Morgan fingerprint density at radius 2 is 1.77 bits per heavy atom. The Balaban J connectivity index is 1.89. The van der Waals surface area contributed by atoms with Gasteiger partial charge in [0.1, 0.15) is 11.0 Å². The molecule has 0 amide bonds. The molecule has 0 saturated carbocycles. The van der Waals surface area contributed by atoms with Gasteiger partial charge in [-0.1, -0.05) is 36.4 Å².